The van der Waals surface area contributed by atoms with Gasteiger partial charge in [0, 0.05) is 20.0 Å². The number of carbonyl (C=O) groups is 2. The van der Waals surface area contributed by atoms with E-state index in [0.29, 0.717) is 6.54 Å². The number of hydrogen-bond donors (Lipinski definition) is 2. The summed E-state index contributed by atoms with van der Waals surface area (Å²) in [7, 11) is 1.66. The van der Waals surface area contributed by atoms with E-state index in [1.165, 1.54) is 4.90 Å². The maximum atomic E-state index is 11.3. The summed E-state index contributed by atoms with van der Waals surface area (Å²) in [6.07, 6.45) is 5.18. The number of carbonyl (C=O) groups excluding carboxylic acids is 2. The lowest BCUT2D eigenvalue weighted by Crippen LogP contribution is -2.45. The summed E-state index contributed by atoms with van der Waals surface area (Å²) < 4.78 is 0. The molecule has 0 radical (unpaired) electrons. The van der Waals surface area contributed by atoms with E-state index < -0.39 is 11.9 Å². The van der Waals surface area contributed by atoms with Crippen molar-refractivity contribution < 1.29 is 9.59 Å². The fraction of sp³-hybridized carbons (Fsp3) is 0.600. The van der Waals surface area contributed by atoms with Crippen LogP contribution in [0.5, 0.6) is 0 Å². The highest BCUT2D eigenvalue weighted by molar-refractivity contribution is 5.87. The van der Waals surface area contributed by atoms with Gasteiger partial charge in [-0.15, -0.1) is 12.3 Å². The van der Waals surface area contributed by atoms with Crippen LogP contribution in [0.15, 0.2) is 0 Å². The molecular formula is C10H17N3O2. The quantitative estimate of drug-likeness (QED) is 0.569. The molecule has 1 atom stereocenters. The molecule has 0 heterocycles. The topological polar surface area (TPSA) is 75.4 Å². The van der Waals surface area contributed by atoms with Gasteiger partial charge in [-0.1, -0.05) is 0 Å². The summed E-state index contributed by atoms with van der Waals surface area (Å²) in [6, 6.07) is -0.741. The lowest BCUT2D eigenvalue weighted by atomic mass is 10.2. The summed E-state index contributed by atoms with van der Waals surface area (Å²) in [5, 5.41) is 2.43. The Morgan fingerprint density at radius 3 is 2.67 bits per heavy atom. The van der Waals surface area contributed by atoms with Gasteiger partial charge in [0.15, 0.2) is 0 Å². The highest BCUT2D eigenvalue weighted by atomic mass is 16.2. The molecule has 0 rings (SSSR count). The molecule has 5 nitrogen and oxygen atoms in total. The molecule has 0 aliphatic rings. The zero-order valence-corrected chi connectivity index (χ0v) is 9.12. The fourth-order valence-corrected chi connectivity index (χ4v) is 0.825. The van der Waals surface area contributed by atoms with Crippen molar-refractivity contribution in [3.63, 3.8) is 0 Å². The number of nitrogens with zero attached hydrogens (tertiary/aromatic N) is 1. The van der Waals surface area contributed by atoms with Gasteiger partial charge in [0.25, 0.3) is 0 Å². The molecule has 0 spiro atoms. The highest BCUT2D eigenvalue weighted by Gasteiger charge is 2.14. The van der Waals surface area contributed by atoms with Gasteiger partial charge in [-0.25, -0.2) is 0 Å². The van der Waals surface area contributed by atoms with Gasteiger partial charge in [0.05, 0.1) is 12.6 Å². The van der Waals surface area contributed by atoms with Crippen LogP contribution in [0.25, 0.3) is 0 Å². The summed E-state index contributed by atoms with van der Waals surface area (Å²) in [4.78, 5) is 24.0. The number of nitrogens with one attached hydrogen (secondary N) is 1. The Kier molecular flexibility index (Phi) is 6.14. The Bertz CT molecular complexity index is 270. The smallest absolute Gasteiger partial charge is 0.241 e. The summed E-state index contributed by atoms with van der Waals surface area (Å²) in [6.45, 7) is 2.41. The monoisotopic (exact) mass is 211 g/mol. The highest BCUT2D eigenvalue weighted by Crippen LogP contribution is 1.87. The molecule has 5 heteroatoms. The molecular weight excluding hydrogens is 194 g/mol. The minimum atomic E-state index is -0.741. The number of amides is 2. The van der Waals surface area contributed by atoms with E-state index in [0.717, 1.165) is 0 Å². The molecule has 2 amide bonds. The Labute approximate surface area is 90.0 Å². The predicted molar refractivity (Wildman–Crippen MR) is 57.7 cm³/mol. The van der Waals surface area contributed by atoms with Crippen LogP contribution in [-0.4, -0.2) is 42.9 Å². The fourth-order valence-electron chi connectivity index (χ4n) is 0.825. The lowest BCUT2D eigenvalue weighted by molar-refractivity contribution is -0.131. The van der Waals surface area contributed by atoms with Crippen LogP contribution in [0.3, 0.4) is 0 Å². The van der Waals surface area contributed by atoms with Gasteiger partial charge < -0.3 is 16.0 Å². The van der Waals surface area contributed by atoms with Gasteiger partial charge >= 0.3 is 0 Å². The van der Waals surface area contributed by atoms with Crippen molar-refractivity contribution >= 4 is 11.8 Å². The van der Waals surface area contributed by atoms with Crippen molar-refractivity contribution in [1.29, 1.82) is 0 Å². The molecule has 84 valence electrons. The van der Waals surface area contributed by atoms with Crippen LogP contribution in [-0.2, 0) is 9.59 Å². The molecule has 0 saturated carbocycles. The number of rotatable bonds is 5. The normalized spacial score (nSPS) is 11.3. The third kappa shape index (κ3) is 5.03. The lowest BCUT2D eigenvalue weighted by Gasteiger charge is -2.15. The molecule has 0 aromatic heterocycles. The SMILES string of the molecule is C#CCC(N)C(=O)NCC(=O)N(C)CC. The van der Waals surface area contributed by atoms with Gasteiger partial charge in [-0.3, -0.25) is 9.59 Å². The minimum absolute atomic E-state index is 0.0402. The second-order valence-corrected chi connectivity index (χ2v) is 3.14. The maximum absolute atomic E-state index is 11.3. The molecule has 0 bridgehead atoms. The van der Waals surface area contributed by atoms with Crippen molar-refractivity contribution in [2.75, 3.05) is 20.1 Å². The molecule has 0 fully saturated rings. The van der Waals surface area contributed by atoms with Crippen molar-refractivity contribution in [3.8, 4) is 12.3 Å². The van der Waals surface area contributed by atoms with E-state index in [1.807, 2.05) is 6.92 Å². The van der Waals surface area contributed by atoms with E-state index in [4.69, 9.17) is 12.2 Å². The molecule has 15 heavy (non-hydrogen) atoms. The van der Waals surface area contributed by atoms with Gasteiger partial charge in [0.1, 0.15) is 0 Å². The van der Waals surface area contributed by atoms with Crippen LogP contribution >= 0.6 is 0 Å². The molecule has 0 aromatic carbocycles. The van der Waals surface area contributed by atoms with Crippen molar-refractivity contribution in [2.24, 2.45) is 5.73 Å². The van der Waals surface area contributed by atoms with E-state index in [1.54, 1.807) is 7.05 Å². The summed E-state index contributed by atoms with van der Waals surface area (Å²) >= 11 is 0. The second kappa shape index (κ2) is 6.85. The van der Waals surface area contributed by atoms with Crippen molar-refractivity contribution in [1.82, 2.24) is 10.2 Å². The maximum Gasteiger partial charge on any atom is 0.241 e. The standard InChI is InChI=1S/C10H17N3O2/c1-4-6-8(11)10(15)12-7-9(14)13(3)5-2/h1,8H,5-7,11H2,2-3H3,(H,12,15). The van der Waals surface area contributed by atoms with Crippen LogP contribution in [0.1, 0.15) is 13.3 Å². The van der Waals surface area contributed by atoms with Gasteiger partial charge in [0.2, 0.25) is 11.8 Å². The van der Waals surface area contributed by atoms with E-state index >= 15 is 0 Å². The van der Waals surface area contributed by atoms with Crippen molar-refractivity contribution in [3.05, 3.63) is 0 Å². The van der Waals surface area contributed by atoms with Crippen molar-refractivity contribution in [2.45, 2.75) is 19.4 Å². The van der Waals surface area contributed by atoms with Crippen LogP contribution in [0, 0.1) is 12.3 Å². The third-order valence-corrected chi connectivity index (χ3v) is 1.99. The average Bonchev–Trinajstić information content (AvgIpc) is 2.24. The number of hydrogen-bond acceptors (Lipinski definition) is 3. The molecule has 0 aliphatic heterocycles. The Morgan fingerprint density at radius 1 is 1.60 bits per heavy atom. The molecule has 0 aliphatic carbocycles. The largest absolute Gasteiger partial charge is 0.346 e. The average molecular weight is 211 g/mol. The van der Waals surface area contributed by atoms with Gasteiger partial charge in [-0.2, -0.15) is 0 Å². The van der Waals surface area contributed by atoms with Crippen LogP contribution in [0.4, 0.5) is 0 Å². The third-order valence-electron chi connectivity index (χ3n) is 1.99. The first kappa shape index (κ1) is 13.5. The number of likely N-dealkylation sites (N-methyl/N-ethyl adjacent to an activating group) is 1. The molecule has 0 aromatic rings. The zero-order chi connectivity index (χ0) is 11.8. The Hall–Kier alpha value is -1.54. The first-order valence-electron chi connectivity index (χ1n) is 4.73. The first-order valence-corrected chi connectivity index (χ1v) is 4.73. The van der Waals surface area contributed by atoms with E-state index in [9.17, 15) is 9.59 Å². The van der Waals surface area contributed by atoms with E-state index in [2.05, 4.69) is 11.2 Å². The predicted octanol–water partition coefficient (Wildman–Crippen LogP) is -1.07. The molecule has 3 N–H and O–H groups in total. The van der Waals surface area contributed by atoms with E-state index in [-0.39, 0.29) is 18.9 Å². The second-order valence-electron chi connectivity index (χ2n) is 3.14. The van der Waals surface area contributed by atoms with Crippen LogP contribution < -0.4 is 11.1 Å². The van der Waals surface area contributed by atoms with Crippen LogP contribution in [0.2, 0.25) is 0 Å². The number of terminal acetylenes is 1. The number of nitrogens with two attached hydrogens (primary N) is 1. The van der Waals surface area contributed by atoms with Gasteiger partial charge in [-0.05, 0) is 6.92 Å². The first-order chi connectivity index (χ1) is 7.02. The minimum Gasteiger partial charge on any atom is -0.346 e. The summed E-state index contributed by atoms with van der Waals surface area (Å²) in [5.41, 5.74) is 5.44. The Balaban J connectivity index is 3.91. The molecule has 1 unspecified atom stereocenters. The molecule has 0 saturated heterocycles. The zero-order valence-electron chi connectivity index (χ0n) is 9.12. The Morgan fingerprint density at radius 2 is 2.20 bits per heavy atom. The summed E-state index contributed by atoms with van der Waals surface area (Å²) in [5.74, 6) is 1.74.